The van der Waals surface area contributed by atoms with Crippen LogP contribution in [0.5, 0.6) is 5.88 Å². The van der Waals surface area contributed by atoms with Gasteiger partial charge >= 0.3 is 0 Å². The fraction of sp³-hybridized carbons (Fsp3) is 0.280. The van der Waals surface area contributed by atoms with E-state index in [0.717, 1.165) is 22.3 Å². The molecule has 1 atom stereocenters. The maximum absolute atomic E-state index is 12.4. The average molecular weight is 505 g/mol. The van der Waals surface area contributed by atoms with E-state index in [1.807, 2.05) is 50.2 Å². The summed E-state index contributed by atoms with van der Waals surface area (Å²) in [4.78, 5) is 17.3. The molecule has 0 radical (unpaired) electrons. The molecule has 5 nitrogen and oxygen atoms in total. The van der Waals surface area contributed by atoms with Crippen molar-refractivity contribution in [2.75, 3.05) is 13.6 Å². The number of fused-ring (bicyclic) bond motifs is 1. The number of hydrogen-bond acceptors (Lipinski definition) is 4. The van der Waals surface area contributed by atoms with E-state index in [1.54, 1.807) is 19.2 Å². The fourth-order valence-corrected chi connectivity index (χ4v) is 4.64. The summed E-state index contributed by atoms with van der Waals surface area (Å²) in [6.07, 6.45) is 0.609. The highest BCUT2D eigenvalue weighted by molar-refractivity contribution is 6.36. The largest absolute Gasteiger partial charge is 0.471 e. The molecule has 0 spiro atoms. The Bertz CT molecular complexity index is 1200. The smallest absolute Gasteiger partial charge is 0.234 e. The molecule has 1 aromatic heterocycles. The van der Waals surface area contributed by atoms with E-state index in [2.05, 4.69) is 10.6 Å². The molecular formula is C25H24Cl3N3O2. The maximum atomic E-state index is 12.4. The lowest BCUT2D eigenvalue weighted by Crippen LogP contribution is -2.43. The summed E-state index contributed by atoms with van der Waals surface area (Å²) < 4.78 is 6.26. The number of carbonyl (C=O) groups is 1. The van der Waals surface area contributed by atoms with Gasteiger partial charge in [-0.1, -0.05) is 46.9 Å². The number of ether oxygens (including phenoxy) is 1. The molecule has 0 fully saturated rings. The first-order valence-electron chi connectivity index (χ1n) is 10.6. The Morgan fingerprint density at radius 3 is 2.42 bits per heavy atom. The summed E-state index contributed by atoms with van der Waals surface area (Å²) in [7, 11) is 1.74. The van der Waals surface area contributed by atoms with Gasteiger partial charge in [-0.3, -0.25) is 4.79 Å². The zero-order chi connectivity index (χ0) is 23.8. The molecule has 4 rings (SSSR count). The molecule has 2 heterocycles. The molecule has 2 N–H and O–H groups in total. The Morgan fingerprint density at radius 2 is 1.76 bits per heavy atom. The van der Waals surface area contributed by atoms with Crippen LogP contribution >= 0.6 is 34.8 Å². The van der Waals surface area contributed by atoms with Gasteiger partial charge < -0.3 is 15.4 Å². The van der Waals surface area contributed by atoms with E-state index in [0.29, 0.717) is 33.1 Å². The zero-order valence-electron chi connectivity index (χ0n) is 18.5. The van der Waals surface area contributed by atoms with Crippen LogP contribution in [0.25, 0.3) is 22.4 Å². The first-order valence-corrected chi connectivity index (χ1v) is 11.7. The molecule has 3 aromatic rings. The van der Waals surface area contributed by atoms with Crippen molar-refractivity contribution in [2.24, 2.45) is 0 Å². The van der Waals surface area contributed by atoms with Crippen molar-refractivity contribution in [3.63, 3.8) is 0 Å². The second kappa shape index (κ2) is 9.51. The van der Waals surface area contributed by atoms with Gasteiger partial charge in [0.15, 0.2) is 0 Å². The SMILES string of the molecule is CNCC(=O)NC1CC(C)(C)Oc2nc(-c3ccc(Cl)cc3Cl)c(-c3ccc(Cl)cc3)cc21. The third-order valence-electron chi connectivity index (χ3n) is 5.47. The molecule has 2 aromatic carbocycles. The molecule has 0 bridgehead atoms. The van der Waals surface area contributed by atoms with Crippen LogP contribution in [0.15, 0.2) is 48.5 Å². The van der Waals surface area contributed by atoms with Gasteiger partial charge in [0.25, 0.3) is 0 Å². The molecule has 1 aliphatic rings. The van der Waals surface area contributed by atoms with E-state index < -0.39 is 5.60 Å². The lowest BCUT2D eigenvalue weighted by atomic mass is 9.88. The van der Waals surface area contributed by atoms with E-state index in [4.69, 9.17) is 44.5 Å². The summed E-state index contributed by atoms with van der Waals surface area (Å²) in [6, 6.07) is 14.6. The topological polar surface area (TPSA) is 63.2 Å². The van der Waals surface area contributed by atoms with Crippen molar-refractivity contribution in [2.45, 2.75) is 31.9 Å². The lowest BCUT2D eigenvalue weighted by Gasteiger charge is -2.37. The number of halogens is 3. The lowest BCUT2D eigenvalue weighted by molar-refractivity contribution is -0.121. The van der Waals surface area contributed by atoms with Gasteiger partial charge in [-0.25, -0.2) is 4.98 Å². The third kappa shape index (κ3) is 5.28. The highest BCUT2D eigenvalue weighted by atomic mass is 35.5. The van der Waals surface area contributed by atoms with Crippen LogP contribution < -0.4 is 15.4 Å². The van der Waals surface area contributed by atoms with Crippen molar-refractivity contribution >= 4 is 40.7 Å². The van der Waals surface area contributed by atoms with Crippen molar-refractivity contribution in [1.29, 1.82) is 0 Å². The summed E-state index contributed by atoms with van der Waals surface area (Å²) in [5.41, 5.74) is 3.47. The molecule has 8 heteroatoms. The number of likely N-dealkylation sites (N-methyl/N-ethyl adjacent to an activating group) is 1. The van der Waals surface area contributed by atoms with Crippen molar-refractivity contribution < 1.29 is 9.53 Å². The van der Waals surface area contributed by atoms with Gasteiger partial charge in [-0.05, 0) is 62.9 Å². The summed E-state index contributed by atoms with van der Waals surface area (Å²) in [5, 5.41) is 7.66. The molecule has 33 heavy (non-hydrogen) atoms. The number of aromatic nitrogens is 1. The van der Waals surface area contributed by atoms with Crippen LogP contribution in [0.4, 0.5) is 0 Å². The van der Waals surface area contributed by atoms with Crippen LogP contribution in [0.1, 0.15) is 31.9 Å². The van der Waals surface area contributed by atoms with Gasteiger partial charge in [0, 0.05) is 33.2 Å². The first kappa shape index (κ1) is 23.8. The minimum atomic E-state index is -0.513. The van der Waals surface area contributed by atoms with E-state index >= 15 is 0 Å². The fourth-order valence-electron chi connectivity index (χ4n) is 4.02. The number of benzene rings is 2. The van der Waals surface area contributed by atoms with Gasteiger partial charge in [0.1, 0.15) is 5.60 Å². The Labute approximate surface area is 208 Å². The van der Waals surface area contributed by atoms with Crippen LogP contribution in [0.2, 0.25) is 15.1 Å². The highest BCUT2D eigenvalue weighted by Crippen LogP contribution is 2.44. The predicted octanol–water partition coefficient (Wildman–Crippen LogP) is 6.31. The predicted molar refractivity (Wildman–Crippen MR) is 134 cm³/mol. The summed E-state index contributed by atoms with van der Waals surface area (Å²) in [5.74, 6) is 0.378. The zero-order valence-corrected chi connectivity index (χ0v) is 20.8. The Morgan fingerprint density at radius 1 is 1.06 bits per heavy atom. The van der Waals surface area contributed by atoms with Gasteiger partial charge in [-0.2, -0.15) is 0 Å². The van der Waals surface area contributed by atoms with Crippen molar-refractivity contribution in [3.05, 3.63) is 69.2 Å². The minimum absolute atomic E-state index is 0.0935. The molecule has 0 aliphatic carbocycles. The standard InChI is InChI=1S/C25H24Cl3N3O2/c1-25(2)12-21(30-22(32)13-29-3)19-11-18(14-4-6-15(26)7-5-14)23(31-24(19)33-25)17-9-8-16(27)10-20(17)28/h4-11,21,29H,12-13H2,1-3H3,(H,30,32). The molecular weight excluding hydrogens is 481 g/mol. The second-order valence-electron chi connectivity index (χ2n) is 8.63. The molecule has 1 unspecified atom stereocenters. The van der Waals surface area contributed by atoms with Crippen LogP contribution in [0, 0.1) is 0 Å². The Balaban J connectivity index is 1.92. The number of hydrogen-bond donors (Lipinski definition) is 2. The molecule has 0 saturated carbocycles. The average Bonchev–Trinajstić information content (AvgIpc) is 2.73. The quantitative estimate of drug-likeness (QED) is 0.427. The van der Waals surface area contributed by atoms with E-state index in [9.17, 15) is 4.79 Å². The summed E-state index contributed by atoms with van der Waals surface area (Å²) >= 11 is 18.8. The maximum Gasteiger partial charge on any atom is 0.234 e. The normalized spacial score (nSPS) is 16.6. The number of carbonyl (C=O) groups excluding carboxylic acids is 1. The number of pyridine rings is 1. The van der Waals surface area contributed by atoms with Crippen LogP contribution in [-0.4, -0.2) is 30.1 Å². The Hall–Kier alpha value is -2.31. The molecule has 1 aliphatic heterocycles. The number of rotatable bonds is 5. The second-order valence-corrected chi connectivity index (χ2v) is 9.91. The van der Waals surface area contributed by atoms with Crippen LogP contribution in [-0.2, 0) is 4.79 Å². The van der Waals surface area contributed by atoms with Gasteiger partial charge in [0.05, 0.1) is 23.3 Å². The van der Waals surface area contributed by atoms with E-state index in [1.165, 1.54) is 0 Å². The molecule has 0 saturated heterocycles. The summed E-state index contributed by atoms with van der Waals surface area (Å²) in [6.45, 7) is 4.19. The van der Waals surface area contributed by atoms with Gasteiger partial charge in [0.2, 0.25) is 11.8 Å². The van der Waals surface area contributed by atoms with Crippen LogP contribution in [0.3, 0.4) is 0 Å². The monoisotopic (exact) mass is 503 g/mol. The minimum Gasteiger partial charge on any atom is -0.471 e. The number of nitrogens with one attached hydrogen (secondary N) is 2. The van der Waals surface area contributed by atoms with Gasteiger partial charge in [-0.15, -0.1) is 0 Å². The third-order valence-corrected chi connectivity index (χ3v) is 6.27. The van der Waals surface area contributed by atoms with Crippen molar-refractivity contribution in [3.8, 4) is 28.3 Å². The van der Waals surface area contributed by atoms with Crippen molar-refractivity contribution in [1.82, 2.24) is 15.6 Å². The molecule has 172 valence electrons. The number of nitrogens with zero attached hydrogens (tertiary/aromatic N) is 1. The number of amides is 1. The first-order chi connectivity index (χ1) is 15.7. The Kier molecular flexibility index (Phi) is 6.87. The van der Waals surface area contributed by atoms with E-state index in [-0.39, 0.29) is 18.5 Å². The highest BCUT2D eigenvalue weighted by Gasteiger charge is 2.36. The molecule has 1 amide bonds.